The summed E-state index contributed by atoms with van der Waals surface area (Å²) in [7, 11) is -3.83. The van der Waals surface area contributed by atoms with Crippen LogP contribution in [-0.2, 0) is 14.8 Å². The third kappa shape index (κ3) is 2.80. The summed E-state index contributed by atoms with van der Waals surface area (Å²) in [5.41, 5.74) is 0.968. The van der Waals surface area contributed by atoms with Gasteiger partial charge in [0.1, 0.15) is 6.61 Å². The molecule has 1 aromatic carbocycles. The summed E-state index contributed by atoms with van der Waals surface area (Å²) in [5.74, 6) is 0. The lowest BCUT2D eigenvalue weighted by Crippen LogP contribution is -2.38. The van der Waals surface area contributed by atoms with Crippen molar-refractivity contribution in [1.29, 1.82) is 0 Å². The van der Waals surface area contributed by atoms with E-state index in [9.17, 15) is 13.2 Å². The molecule has 6 heteroatoms. The number of hydrogen-bond donors (Lipinski definition) is 0. The Balaban J connectivity index is 2.30. The summed E-state index contributed by atoms with van der Waals surface area (Å²) in [6.45, 7) is 4.05. The van der Waals surface area contributed by atoms with Gasteiger partial charge in [-0.3, -0.25) is 0 Å². The van der Waals surface area contributed by atoms with Crippen LogP contribution >= 0.6 is 0 Å². The highest BCUT2D eigenvalue weighted by molar-refractivity contribution is 7.89. The van der Waals surface area contributed by atoms with Crippen molar-refractivity contribution in [2.45, 2.75) is 44.0 Å². The molecular weight excluding hydrogens is 278 g/mol. The zero-order valence-electron chi connectivity index (χ0n) is 11.7. The summed E-state index contributed by atoms with van der Waals surface area (Å²) in [6.07, 6.45) is 1.67. The predicted molar refractivity (Wildman–Crippen MR) is 74.9 cm³/mol. The maximum Gasteiger partial charge on any atom is 0.424 e. The molecule has 0 spiro atoms. The Morgan fingerprint density at radius 2 is 1.95 bits per heavy atom. The van der Waals surface area contributed by atoms with Gasteiger partial charge in [-0.25, -0.2) is 13.2 Å². The number of ether oxygens (including phenoxy) is 1. The first kappa shape index (κ1) is 14.8. The second-order valence-corrected chi connectivity index (χ2v) is 6.80. The lowest BCUT2D eigenvalue weighted by atomic mass is 10.1. The fraction of sp³-hybridized carbons (Fsp3) is 0.500. The van der Waals surface area contributed by atoms with Crippen LogP contribution < -0.4 is 0 Å². The normalized spacial score (nSPS) is 19.2. The molecule has 20 heavy (non-hydrogen) atoms. The van der Waals surface area contributed by atoms with Crippen molar-refractivity contribution in [3.8, 4) is 0 Å². The van der Waals surface area contributed by atoms with Crippen LogP contribution in [0.4, 0.5) is 4.79 Å². The molecule has 1 atom stereocenters. The number of aryl methyl sites for hydroxylation is 1. The maximum atomic E-state index is 12.6. The molecule has 0 aliphatic carbocycles. The van der Waals surface area contributed by atoms with Crippen molar-refractivity contribution in [2.75, 3.05) is 6.61 Å². The van der Waals surface area contributed by atoms with Crippen molar-refractivity contribution in [3.05, 3.63) is 29.8 Å². The zero-order chi connectivity index (χ0) is 14.8. The lowest BCUT2D eigenvalue weighted by Gasteiger charge is -2.21. The third-order valence-corrected chi connectivity index (χ3v) is 5.21. The highest BCUT2D eigenvalue weighted by Gasteiger charge is 2.42. The molecule has 2 rings (SSSR count). The second kappa shape index (κ2) is 5.83. The number of carbonyl (C=O) groups is 1. The van der Waals surface area contributed by atoms with Crippen molar-refractivity contribution in [1.82, 2.24) is 4.31 Å². The van der Waals surface area contributed by atoms with E-state index in [4.69, 9.17) is 4.74 Å². The monoisotopic (exact) mass is 297 g/mol. The van der Waals surface area contributed by atoms with Crippen LogP contribution in [-0.4, -0.2) is 31.5 Å². The van der Waals surface area contributed by atoms with Crippen molar-refractivity contribution in [3.63, 3.8) is 0 Å². The highest BCUT2D eigenvalue weighted by Crippen LogP contribution is 2.26. The first-order valence-corrected chi connectivity index (χ1v) is 8.18. The highest BCUT2D eigenvalue weighted by atomic mass is 32.2. The molecule has 0 N–H and O–H groups in total. The molecule has 1 saturated heterocycles. The average Bonchev–Trinajstić information content (AvgIpc) is 2.78. The molecule has 1 fully saturated rings. The SMILES string of the molecule is CCCCC1COC(=O)N1S(=O)(=O)c1ccc(C)cc1. The van der Waals surface area contributed by atoms with Crippen LogP contribution in [0.5, 0.6) is 0 Å². The van der Waals surface area contributed by atoms with E-state index in [1.54, 1.807) is 12.1 Å². The fourth-order valence-electron chi connectivity index (χ4n) is 2.21. The number of nitrogens with zero attached hydrogens (tertiary/aromatic N) is 1. The lowest BCUT2D eigenvalue weighted by molar-refractivity contribution is 0.170. The van der Waals surface area contributed by atoms with E-state index in [0.29, 0.717) is 6.42 Å². The molecule has 0 saturated carbocycles. The molecule has 0 aromatic heterocycles. The number of unbranched alkanes of at least 4 members (excludes halogenated alkanes) is 1. The number of sulfonamides is 1. The Labute approximate surface area is 119 Å². The molecule has 1 aliphatic rings. The van der Waals surface area contributed by atoms with Gasteiger partial charge in [0.2, 0.25) is 0 Å². The van der Waals surface area contributed by atoms with E-state index in [2.05, 4.69) is 0 Å². The second-order valence-electron chi connectivity index (χ2n) is 4.99. The molecule has 0 radical (unpaired) electrons. The van der Waals surface area contributed by atoms with E-state index in [-0.39, 0.29) is 11.5 Å². The molecule has 0 bridgehead atoms. The van der Waals surface area contributed by atoms with Gasteiger partial charge < -0.3 is 4.74 Å². The first-order valence-electron chi connectivity index (χ1n) is 6.74. The van der Waals surface area contributed by atoms with Gasteiger partial charge in [-0.1, -0.05) is 37.5 Å². The number of benzene rings is 1. The van der Waals surface area contributed by atoms with Crippen molar-refractivity contribution < 1.29 is 17.9 Å². The van der Waals surface area contributed by atoms with Gasteiger partial charge in [-0.15, -0.1) is 0 Å². The number of hydrogen-bond acceptors (Lipinski definition) is 4. The Hall–Kier alpha value is -1.56. The van der Waals surface area contributed by atoms with Gasteiger partial charge in [-0.05, 0) is 25.5 Å². The van der Waals surface area contributed by atoms with Gasteiger partial charge in [0.15, 0.2) is 0 Å². The number of rotatable bonds is 5. The summed E-state index contributed by atoms with van der Waals surface area (Å²) in [4.78, 5) is 11.9. The minimum absolute atomic E-state index is 0.128. The van der Waals surface area contributed by atoms with Crippen LogP contribution in [0.15, 0.2) is 29.2 Å². The Bertz CT molecular complexity index is 580. The van der Waals surface area contributed by atoms with Gasteiger partial charge in [0.25, 0.3) is 10.0 Å². The van der Waals surface area contributed by atoms with Gasteiger partial charge in [-0.2, -0.15) is 4.31 Å². The minimum atomic E-state index is -3.83. The zero-order valence-corrected chi connectivity index (χ0v) is 12.5. The fourth-order valence-corrected chi connectivity index (χ4v) is 3.72. The Morgan fingerprint density at radius 1 is 1.30 bits per heavy atom. The first-order chi connectivity index (χ1) is 9.46. The van der Waals surface area contributed by atoms with Crippen LogP contribution in [0.3, 0.4) is 0 Å². The van der Waals surface area contributed by atoms with Gasteiger partial charge in [0, 0.05) is 0 Å². The van der Waals surface area contributed by atoms with Crippen LogP contribution in [0.2, 0.25) is 0 Å². The van der Waals surface area contributed by atoms with Crippen LogP contribution in [0.1, 0.15) is 31.7 Å². The third-order valence-electron chi connectivity index (χ3n) is 3.38. The van der Waals surface area contributed by atoms with E-state index in [0.717, 1.165) is 22.7 Å². The largest absolute Gasteiger partial charge is 0.446 e. The Morgan fingerprint density at radius 3 is 2.55 bits per heavy atom. The summed E-state index contributed by atoms with van der Waals surface area (Å²) in [5, 5.41) is 0. The number of amides is 1. The molecule has 1 aliphatic heterocycles. The number of carbonyl (C=O) groups excluding carboxylic acids is 1. The molecule has 5 nitrogen and oxygen atoms in total. The molecular formula is C14H19NO4S. The smallest absolute Gasteiger partial charge is 0.424 e. The maximum absolute atomic E-state index is 12.6. The Kier molecular flexibility index (Phi) is 4.32. The quantitative estimate of drug-likeness (QED) is 0.838. The molecule has 1 aromatic rings. The van der Waals surface area contributed by atoms with E-state index in [1.165, 1.54) is 12.1 Å². The van der Waals surface area contributed by atoms with E-state index < -0.39 is 22.2 Å². The summed E-state index contributed by atoms with van der Waals surface area (Å²) >= 11 is 0. The molecule has 1 heterocycles. The topological polar surface area (TPSA) is 63.7 Å². The summed E-state index contributed by atoms with van der Waals surface area (Å²) in [6, 6.07) is 6.08. The van der Waals surface area contributed by atoms with Crippen LogP contribution in [0.25, 0.3) is 0 Å². The summed E-state index contributed by atoms with van der Waals surface area (Å²) < 4.78 is 30.9. The molecule has 110 valence electrons. The standard InChI is InChI=1S/C14H19NO4S/c1-3-4-5-12-10-19-14(16)15(12)20(17,18)13-8-6-11(2)7-9-13/h6-9,12H,3-5,10H2,1-2H3. The molecule has 1 amide bonds. The van der Waals surface area contributed by atoms with Crippen molar-refractivity contribution >= 4 is 16.1 Å². The van der Waals surface area contributed by atoms with Gasteiger partial charge >= 0.3 is 6.09 Å². The number of cyclic esters (lactones) is 1. The average molecular weight is 297 g/mol. The molecule has 1 unspecified atom stereocenters. The predicted octanol–water partition coefficient (Wildman–Crippen LogP) is 2.69. The van der Waals surface area contributed by atoms with Gasteiger partial charge in [0.05, 0.1) is 10.9 Å². The van der Waals surface area contributed by atoms with E-state index in [1.807, 2.05) is 13.8 Å². The van der Waals surface area contributed by atoms with Crippen LogP contribution in [0, 0.1) is 6.92 Å². The van der Waals surface area contributed by atoms with Crippen molar-refractivity contribution in [2.24, 2.45) is 0 Å². The minimum Gasteiger partial charge on any atom is -0.446 e. The van der Waals surface area contributed by atoms with E-state index >= 15 is 0 Å².